The molecule has 2 aromatic carbocycles. The average Bonchev–Trinajstić information content (AvgIpc) is 3.04. The minimum Gasteiger partial charge on any atom is -0.481 e. The number of hydrogen-bond donors (Lipinski definition) is 8. The first kappa shape index (κ1) is 42.6. The number of pyridine rings is 1. The molecule has 0 spiro atoms. The number of hydrogen-bond acceptors (Lipinski definition) is 11. The number of aliphatic hydroxyl groups is 2. The molecule has 0 saturated carbocycles. The Morgan fingerprint density at radius 3 is 2.36 bits per heavy atom. The van der Waals surface area contributed by atoms with Gasteiger partial charge in [-0.2, -0.15) is 0 Å². The number of aromatic nitrogens is 1. The van der Waals surface area contributed by atoms with Crippen LogP contribution in [0.15, 0.2) is 69.4 Å². The van der Waals surface area contributed by atoms with Gasteiger partial charge in [0, 0.05) is 45.5 Å². The number of nitrogens with zero attached hydrogens (tertiary/aromatic N) is 1. The molecular formula is C32H35FN4NaO10S2+. The number of thioether (sulfide) groups is 1. The summed E-state index contributed by atoms with van der Waals surface area (Å²) in [6.07, 6.45) is 0.127. The van der Waals surface area contributed by atoms with Gasteiger partial charge in [-0.1, -0.05) is 42.1 Å². The monoisotopic (exact) mass is 741 g/mol. The largest absolute Gasteiger partial charge is 1.00 e. The summed E-state index contributed by atoms with van der Waals surface area (Å²) in [6, 6.07) is 9.23. The molecule has 0 bridgehead atoms. The van der Waals surface area contributed by atoms with Gasteiger partial charge in [-0.25, -0.2) is 4.39 Å². The van der Waals surface area contributed by atoms with E-state index < -0.39 is 72.8 Å². The topological polar surface area (TPSA) is 249 Å². The second-order valence-corrected chi connectivity index (χ2v) is 12.8. The number of nitrogens with one attached hydrogen (secondary N) is 2. The van der Waals surface area contributed by atoms with Gasteiger partial charge in [0.05, 0.1) is 29.0 Å². The fraction of sp³-hybridized carbons (Fsp3) is 0.312. The Morgan fingerprint density at radius 2 is 1.72 bits per heavy atom. The molecular weight excluding hydrogens is 706 g/mol. The fourth-order valence-electron chi connectivity index (χ4n) is 4.33. The van der Waals surface area contributed by atoms with Crippen LogP contribution < -0.4 is 45.9 Å². The molecule has 1 aromatic heterocycles. The standard InChI is InChI=1S/C32H35FN4O10S2.Na/c33-22-12-21-24(13-26(22)49-20-4-2-1-3-5-20)35-14-17(6-7-18(38)10-19(39)11-28(41)42)30(21)48-16-25(31(45)36-15-29(43)44)37-27(40)9-8-23(34)32(46)47;/h1-7,12-14,18-19,23,25,38-39H,8-11,15-16,34H2,(H,36,45)(H,37,40)(H,41,42)(H,43,44)(H,46,47);/q;+1/b7-6+;/t18-,19-,23+,25+;/m1./s1. The SMILES string of the molecule is N[C@@H](CCC(=O)N[C@@H](CSc1c(/C=C/[C@@H](O)C[C@@H](O)CC(=O)O)cnc2cc(Sc3ccccc3)c(F)cc12)C(=O)NCC(=O)O)C(=O)O.[Na+]. The third-order valence-electron chi connectivity index (χ3n) is 6.75. The number of aliphatic carboxylic acids is 3. The van der Waals surface area contributed by atoms with Gasteiger partial charge in [0.25, 0.3) is 0 Å². The van der Waals surface area contributed by atoms with Crippen LogP contribution in [0.2, 0.25) is 0 Å². The van der Waals surface area contributed by atoms with Crippen LogP contribution in [0.25, 0.3) is 17.0 Å². The molecule has 0 aliphatic rings. The molecule has 9 N–H and O–H groups in total. The normalized spacial score (nSPS) is 13.5. The molecule has 3 rings (SSSR count). The van der Waals surface area contributed by atoms with Crippen LogP contribution in [0.1, 0.15) is 31.2 Å². The van der Waals surface area contributed by atoms with Crippen LogP contribution in [0.3, 0.4) is 0 Å². The van der Waals surface area contributed by atoms with Crippen LogP contribution in [0.4, 0.5) is 4.39 Å². The number of nitrogens with two attached hydrogens (primary N) is 1. The van der Waals surface area contributed by atoms with E-state index >= 15 is 4.39 Å². The van der Waals surface area contributed by atoms with Crippen molar-refractivity contribution in [2.45, 2.75) is 64.7 Å². The van der Waals surface area contributed by atoms with Crippen LogP contribution in [-0.2, 0) is 24.0 Å². The van der Waals surface area contributed by atoms with Gasteiger partial charge < -0.3 is 41.9 Å². The molecule has 0 radical (unpaired) electrons. The first-order chi connectivity index (χ1) is 23.2. The number of aliphatic hydroxyl groups excluding tert-OH is 2. The molecule has 0 fully saturated rings. The van der Waals surface area contributed by atoms with Crippen molar-refractivity contribution in [3.05, 3.63) is 66.1 Å². The number of fused-ring (bicyclic) bond motifs is 1. The number of benzene rings is 2. The van der Waals surface area contributed by atoms with E-state index in [4.69, 9.17) is 21.1 Å². The minimum atomic E-state index is -1.34. The van der Waals surface area contributed by atoms with E-state index in [9.17, 15) is 34.2 Å². The van der Waals surface area contributed by atoms with Crippen molar-refractivity contribution in [1.29, 1.82) is 0 Å². The van der Waals surface area contributed by atoms with Crippen molar-refractivity contribution >= 4 is 70.2 Å². The van der Waals surface area contributed by atoms with Gasteiger partial charge >= 0.3 is 47.5 Å². The molecule has 0 aliphatic carbocycles. The summed E-state index contributed by atoms with van der Waals surface area (Å²) in [6.45, 7) is -0.745. The summed E-state index contributed by atoms with van der Waals surface area (Å²) >= 11 is 2.18. The smallest absolute Gasteiger partial charge is 0.481 e. The van der Waals surface area contributed by atoms with Gasteiger partial charge in [0.15, 0.2) is 0 Å². The number of rotatable bonds is 19. The predicted octanol–water partition coefficient (Wildman–Crippen LogP) is -0.901. The van der Waals surface area contributed by atoms with Crippen LogP contribution in [0.5, 0.6) is 0 Å². The molecule has 14 nitrogen and oxygen atoms in total. The minimum absolute atomic E-state index is 0. The van der Waals surface area contributed by atoms with Crippen LogP contribution in [0, 0.1) is 5.82 Å². The second-order valence-electron chi connectivity index (χ2n) is 10.7. The van der Waals surface area contributed by atoms with Crippen molar-refractivity contribution in [3.8, 4) is 0 Å². The van der Waals surface area contributed by atoms with Gasteiger partial charge in [-0.15, -0.1) is 11.8 Å². The van der Waals surface area contributed by atoms with Crippen LogP contribution in [-0.4, -0.2) is 96.8 Å². The molecule has 1 heterocycles. The number of halogens is 1. The maximum Gasteiger partial charge on any atom is 1.00 e. The van der Waals surface area contributed by atoms with Crippen molar-refractivity contribution in [1.82, 2.24) is 15.6 Å². The molecule has 262 valence electrons. The molecule has 50 heavy (non-hydrogen) atoms. The van der Waals surface area contributed by atoms with Gasteiger partial charge in [0.2, 0.25) is 11.8 Å². The fourth-order valence-corrected chi connectivity index (χ4v) is 6.38. The Bertz CT molecular complexity index is 1700. The summed E-state index contributed by atoms with van der Waals surface area (Å²) < 4.78 is 15.5. The molecule has 4 atom stereocenters. The molecule has 2 amide bonds. The zero-order chi connectivity index (χ0) is 36.1. The van der Waals surface area contributed by atoms with E-state index in [2.05, 4.69) is 15.6 Å². The van der Waals surface area contributed by atoms with E-state index in [0.717, 1.165) is 16.7 Å². The third-order valence-corrected chi connectivity index (χ3v) is 9.04. The maximum absolute atomic E-state index is 15.5. The zero-order valence-electron chi connectivity index (χ0n) is 26.8. The third kappa shape index (κ3) is 14.0. The van der Waals surface area contributed by atoms with E-state index in [1.54, 1.807) is 6.07 Å². The summed E-state index contributed by atoms with van der Waals surface area (Å²) in [5.74, 6) is -6.25. The number of carboxylic acid groups (broad SMARTS) is 3. The van der Waals surface area contributed by atoms with Crippen molar-refractivity contribution in [2.24, 2.45) is 5.73 Å². The summed E-state index contributed by atoms with van der Waals surface area (Å²) in [5, 5.41) is 52.2. The first-order valence-electron chi connectivity index (χ1n) is 14.7. The summed E-state index contributed by atoms with van der Waals surface area (Å²) in [5.41, 5.74) is 6.19. The van der Waals surface area contributed by atoms with E-state index in [-0.39, 0.29) is 59.5 Å². The molecule has 0 unspecified atom stereocenters. The Morgan fingerprint density at radius 1 is 1.02 bits per heavy atom. The van der Waals surface area contributed by atoms with E-state index in [1.165, 1.54) is 36.2 Å². The molecule has 0 aliphatic heterocycles. The van der Waals surface area contributed by atoms with Crippen molar-refractivity contribution in [2.75, 3.05) is 12.3 Å². The number of carbonyl (C=O) groups is 5. The quantitative estimate of drug-likeness (QED) is 0.0548. The maximum atomic E-state index is 15.5. The Kier molecular flexibility index (Phi) is 17.9. The Labute approximate surface area is 316 Å². The molecule has 3 aromatic rings. The molecule has 0 saturated heterocycles. The van der Waals surface area contributed by atoms with Crippen molar-refractivity contribution in [3.63, 3.8) is 0 Å². The predicted molar refractivity (Wildman–Crippen MR) is 178 cm³/mol. The van der Waals surface area contributed by atoms with Gasteiger partial charge in [-0.05, 0) is 30.7 Å². The first-order valence-corrected chi connectivity index (χ1v) is 16.5. The average molecular weight is 742 g/mol. The second kappa shape index (κ2) is 21.0. The number of carbonyl (C=O) groups excluding carboxylic acids is 2. The van der Waals surface area contributed by atoms with E-state index in [1.807, 2.05) is 30.3 Å². The summed E-state index contributed by atoms with van der Waals surface area (Å²) in [7, 11) is 0. The van der Waals surface area contributed by atoms with Crippen molar-refractivity contribution < 1.29 is 83.5 Å². The number of carboxylic acids is 3. The Hall–Kier alpha value is -3.55. The summed E-state index contributed by atoms with van der Waals surface area (Å²) in [4.78, 5) is 64.5. The van der Waals surface area contributed by atoms with Gasteiger partial charge in [0.1, 0.15) is 24.4 Å². The van der Waals surface area contributed by atoms with E-state index in [0.29, 0.717) is 21.4 Å². The Balaban J connectivity index is 0.00000867. The van der Waals surface area contributed by atoms with Gasteiger partial charge in [-0.3, -0.25) is 29.0 Å². The molecule has 18 heteroatoms. The zero-order valence-corrected chi connectivity index (χ0v) is 30.5. The van der Waals surface area contributed by atoms with Crippen LogP contribution >= 0.6 is 23.5 Å². The number of amides is 2.